The molecular weight excluding hydrogens is 399 g/mol. The summed E-state index contributed by atoms with van der Waals surface area (Å²) in [6, 6.07) is 9.40. The van der Waals surface area contributed by atoms with E-state index in [1.807, 2.05) is 24.3 Å². The van der Waals surface area contributed by atoms with Gasteiger partial charge < -0.3 is 9.47 Å². The third-order valence-corrected chi connectivity index (χ3v) is 5.41. The highest BCUT2D eigenvalue weighted by Gasteiger charge is 2.43. The molecule has 146 valence electrons. The molecule has 0 bridgehead atoms. The van der Waals surface area contributed by atoms with Crippen LogP contribution in [0.4, 0.5) is 0 Å². The average molecular weight is 419 g/mol. The number of rotatable bonds is 7. The van der Waals surface area contributed by atoms with Gasteiger partial charge in [-0.15, -0.1) is 0 Å². The van der Waals surface area contributed by atoms with E-state index >= 15 is 0 Å². The number of halogens is 2. The molecule has 2 unspecified atom stereocenters. The zero-order chi connectivity index (χ0) is 19.4. The van der Waals surface area contributed by atoms with Crippen molar-refractivity contribution in [1.29, 1.82) is 0 Å². The summed E-state index contributed by atoms with van der Waals surface area (Å²) in [5, 5.41) is 5.43. The first-order valence-corrected chi connectivity index (χ1v) is 9.83. The summed E-state index contributed by atoms with van der Waals surface area (Å²) in [6.45, 7) is 1.53. The minimum absolute atomic E-state index is 0.0352. The van der Waals surface area contributed by atoms with Crippen LogP contribution in [0, 0.1) is 0 Å². The Morgan fingerprint density at radius 2 is 2.18 bits per heavy atom. The van der Waals surface area contributed by atoms with Crippen molar-refractivity contribution in [1.82, 2.24) is 19.7 Å². The van der Waals surface area contributed by atoms with Gasteiger partial charge in [0.2, 0.25) is 0 Å². The van der Waals surface area contributed by atoms with Crippen LogP contribution in [0.3, 0.4) is 0 Å². The van der Waals surface area contributed by atoms with Gasteiger partial charge in [-0.2, -0.15) is 5.10 Å². The molecule has 1 aromatic carbocycles. The second-order valence-electron chi connectivity index (χ2n) is 6.87. The van der Waals surface area contributed by atoms with E-state index in [9.17, 15) is 0 Å². The van der Waals surface area contributed by atoms with E-state index < -0.39 is 5.60 Å². The van der Waals surface area contributed by atoms with E-state index in [0.29, 0.717) is 29.8 Å². The molecule has 3 aromatic rings. The fourth-order valence-corrected chi connectivity index (χ4v) is 4.16. The van der Waals surface area contributed by atoms with Crippen molar-refractivity contribution in [3.63, 3.8) is 0 Å². The molecule has 0 N–H and O–H groups in total. The average Bonchev–Trinajstić information content (AvgIpc) is 3.34. The monoisotopic (exact) mass is 418 g/mol. The fraction of sp³-hybridized carbons (Fsp3) is 0.350. The topological polar surface area (TPSA) is 62.1 Å². The first-order chi connectivity index (χ1) is 13.6. The summed E-state index contributed by atoms with van der Waals surface area (Å²) in [6.07, 6.45) is 8.38. The Balaban J connectivity index is 1.49. The Morgan fingerprint density at radius 3 is 2.93 bits per heavy atom. The minimum atomic E-state index is -0.600. The Bertz CT molecular complexity index is 908. The fourth-order valence-electron chi connectivity index (χ4n) is 3.57. The molecule has 28 heavy (non-hydrogen) atoms. The number of aromatic nitrogens is 4. The highest BCUT2D eigenvalue weighted by Crippen LogP contribution is 2.44. The summed E-state index contributed by atoms with van der Waals surface area (Å²) < 4.78 is 14.1. The van der Waals surface area contributed by atoms with Gasteiger partial charge in [-0.05, 0) is 36.6 Å². The van der Waals surface area contributed by atoms with Gasteiger partial charge in [-0.25, -0.2) is 9.67 Å². The van der Waals surface area contributed by atoms with Crippen molar-refractivity contribution in [2.24, 2.45) is 0 Å². The summed E-state index contributed by atoms with van der Waals surface area (Å²) in [4.78, 5) is 8.14. The molecular formula is C20H20Cl2N4O2. The third kappa shape index (κ3) is 4.36. The first-order valence-electron chi connectivity index (χ1n) is 9.07. The zero-order valence-corrected chi connectivity index (χ0v) is 16.7. The summed E-state index contributed by atoms with van der Waals surface area (Å²) in [5.41, 5.74) is 1.34. The Morgan fingerprint density at radius 1 is 1.25 bits per heavy atom. The predicted octanol–water partition coefficient (Wildman–Crippen LogP) is 4.27. The van der Waals surface area contributed by atoms with Gasteiger partial charge in [0.15, 0.2) is 0 Å². The lowest BCUT2D eigenvalue weighted by Gasteiger charge is -2.31. The number of hydrogen-bond donors (Lipinski definition) is 0. The van der Waals surface area contributed by atoms with Crippen molar-refractivity contribution in [2.75, 3.05) is 6.61 Å². The smallest absolute Gasteiger partial charge is 0.137 e. The van der Waals surface area contributed by atoms with E-state index in [1.54, 1.807) is 29.5 Å². The van der Waals surface area contributed by atoms with Crippen LogP contribution < -0.4 is 0 Å². The number of nitrogens with zero attached hydrogens (tertiary/aromatic N) is 4. The van der Waals surface area contributed by atoms with Gasteiger partial charge in [0.1, 0.15) is 18.3 Å². The van der Waals surface area contributed by atoms with Crippen molar-refractivity contribution in [2.45, 2.75) is 37.7 Å². The van der Waals surface area contributed by atoms with Crippen molar-refractivity contribution in [3.8, 4) is 0 Å². The van der Waals surface area contributed by atoms with Gasteiger partial charge in [-0.1, -0.05) is 35.3 Å². The molecule has 6 nitrogen and oxygen atoms in total. The molecule has 1 aliphatic rings. The van der Waals surface area contributed by atoms with Crippen molar-refractivity contribution in [3.05, 3.63) is 76.6 Å². The van der Waals surface area contributed by atoms with Crippen LogP contribution in [-0.4, -0.2) is 32.5 Å². The normalized spacial score (nSPS) is 21.9. The lowest BCUT2D eigenvalue weighted by molar-refractivity contribution is -0.0876. The molecule has 8 heteroatoms. The molecule has 2 aromatic heterocycles. The molecule has 1 saturated heterocycles. The molecule has 0 aliphatic carbocycles. The molecule has 2 atom stereocenters. The standard InChI is InChI=1S/C20H20Cl2N4O2/c21-16-3-4-18(19(22)8-16)20(12-26-14-24-13-25-26)6-5-17(28-20)11-27-10-15-2-1-7-23-9-15/h1-4,7-9,13-14,17H,5-6,10-12H2. The van der Waals surface area contributed by atoms with Crippen LogP contribution in [0.2, 0.25) is 10.0 Å². The van der Waals surface area contributed by atoms with Gasteiger partial charge in [0, 0.05) is 28.0 Å². The largest absolute Gasteiger partial charge is 0.374 e. The SMILES string of the molecule is Clc1ccc(C2(Cn3cncn3)CCC(COCc3cccnc3)O2)c(Cl)c1. The maximum atomic E-state index is 6.52. The molecule has 0 spiro atoms. The van der Waals surface area contributed by atoms with E-state index in [2.05, 4.69) is 15.1 Å². The van der Waals surface area contributed by atoms with Gasteiger partial charge in [0.25, 0.3) is 0 Å². The zero-order valence-electron chi connectivity index (χ0n) is 15.2. The summed E-state index contributed by atoms with van der Waals surface area (Å²) in [5.74, 6) is 0. The number of benzene rings is 1. The number of pyridine rings is 1. The molecule has 1 aliphatic heterocycles. The Kier molecular flexibility index (Phi) is 5.92. The minimum Gasteiger partial charge on any atom is -0.374 e. The van der Waals surface area contributed by atoms with Crippen LogP contribution in [0.1, 0.15) is 24.0 Å². The maximum Gasteiger partial charge on any atom is 0.137 e. The van der Waals surface area contributed by atoms with Crippen molar-refractivity contribution < 1.29 is 9.47 Å². The van der Waals surface area contributed by atoms with Gasteiger partial charge in [-0.3, -0.25) is 4.98 Å². The first kappa shape index (κ1) is 19.3. The van der Waals surface area contributed by atoms with Crippen LogP contribution in [0.5, 0.6) is 0 Å². The molecule has 0 amide bonds. The van der Waals surface area contributed by atoms with Crippen LogP contribution in [0.25, 0.3) is 0 Å². The lowest BCUT2D eigenvalue weighted by atomic mass is 9.90. The number of hydrogen-bond acceptors (Lipinski definition) is 5. The quantitative estimate of drug-likeness (QED) is 0.573. The van der Waals surface area contributed by atoms with Gasteiger partial charge >= 0.3 is 0 Å². The molecule has 4 rings (SSSR count). The van der Waals surface area contributed by atoms with E-state index in [4.69, 9.17) is 32.7 Å². The second-order valence-corrected chi connectivity index (χ2v) is 7.71. The van der Waals surface area contributed by atoms with Crippen molar-refractivity contribution >= 4 is 23.2 Å². The van der Waals surface area contributed by atoms with Crippen LogP contribution >= 0.6 is 23.2 Å². The predicted molar refractivity (Wildman–Crippen MR) is 106 cm³/mol. The summed E-state index contributed by atoms with van der Waals surface area (Å²) in [7, 11) is 0. The molecule has 3 heterocycles. The summed E-state index contributed by atoms with van der Waals surface area (Å²) >= 11 is 12.6. The highest BCUT2D eigenvalue weighted by molar-refractivity contribution is 6.35. The maximum absolute atomic E-state index is 6.52. The Hall–Kier alpha value is -1.99. The molecule has 0 radical (unpaired) electrons. The second kappa shape index (κ2) is 8.57. The molecule has 0 saturated carbocycles. The van der Waals surface area contributed by atoms with E-state index in [1.165, 1.54) is 6.33 Å². The Labute approximate surface area is 173 Å². The van der Waals surface area contributed by atoms with Gasteiger partial charge in [0.05, 0.1) is 25.9 Å². The number of ether oxygens (including phenoxy) is 2. The van der Waals surface area contributed by atoms with Crippen LogP contribution in [-0.2, 0) is 28.2 Å². The van der Waals surface area contributed by atoms with E-state index in [-0.39, 0.29) is 6.10 Å². The van der Waals surface area contributed by atoms with E-state index in [0.717, 1.165) is 24.0 Å². The highest BCUT2D eigenvalue weighted by atomic mass is 35.5. The lowest BCUT2D eigenvalue weighted by Crippen LogP contribution is -2.33. The third-order valence-electron chi connectivity index (χ3n) is 4.86. The molecule has 1 fully saturated rings. The van der Waals surface area contributed by atoms with Crippen LogP contribution in [0.15, 0.2) is 55.4 Å².